The number of anilines is 1. The minimum Gasteiger partial charge on any atom is -0.454 e. The molecular weight excluding hydrogens is 482 g/mol. The number of rotatable bonds is 12. The first-order chi connectivity index (χ1) is 17.1. The Morgan fingerprint density at radius 1 is 1.00 bits per heavy atom. The molecule has 0 fully saturated rings. The van der Waals surface area contributed by atoms with Crippen LogP contribution in [-0.4, -0.2) is 63.4 Å². The van der Waals surface area contributed by atoms with Crippen LogP contribution in [-0.2, 0) is 26.0 Å². The Balaban J connectivity index is 1.68. The Morgan fingerprint density at radius 2 is 1.69 bits per heavy atom. The van der Waals surface area contributed by atoms with Gasteiger partial charge in [0.05, 0.1) is 11.9 Å². The number of sulfonamides is 1. The van der Waals surface area contributed by atoms with Crippen LogP contribution in [0.15, 0.2) is 48.5 Å². The molecule has 2 aromatic rings. The molecule has 0 aromatic heterocycles. The van der Waals surface area contributed by atoms with Crippen LogP contribution in [0.4, 0.5) is 5.69 Å². The van der Waals surface area contributed by atoms with Crippen molar-refractivity contribution in [2.75, 3.05) is 30.4 Å². The lowest BCUT2D eigenvalue weighted by Crippen LogP contribution is -2.50. The summed E-state index contributed by atoms with van der Waals surface area (Å²) in [5.41, 5.74) is 1.51. The average molecular weight is 518 g/mol. The number of nitrogens with zero attached hydrogens (tertiary/aromatic N) is 2. The molecule has 1 aliphatic heterocycles. The molecule has 3 rings (SSSR count). The lowest BCUT2D eigenvalue weighted by Gasteiger charge is -2.30. The van der Waals surface area contributed by atoms with Crippen molar-refractivity contribution in [2.45, 2.75) is 52.1 Å². The maximum absolute atomic E-state index is 13.3. The van der Waals surface area contributed by atoms with Gasteiger partial charge in [-0.3, -0.25) is 13.9 Å². The van der Waals surface area contributed by atoms with Crippen molar-refractivity contribution in [3.8, 4) is 11.5 Å². The van der Waals surface area contributed by atoms with Gasteiger partial charge in [-0.05, 0) is 51.3 Å². The molecule has 9 nitrogen and oxygen atoms in total. The van der Waals surface area contributed by atoms with E-state index in [9.17, 15) is 18.0 Å². The second-order valence-corrected chi connectivity index (χ2v) is 11.0. The lowest BCUT2D eigenvalue weighted by atomic mass is 10.1. The molecule has 2 aromatic carbocycles. The fourth-order valence-electron chi connectivity index (χ4n) is 4.02. The summed E-state index contributed by atoms with van der Waals surface area (Å²) in [6.07, 6.45) is 2.13. The number of carbonyl (C=O) groups excluding carboxylic acids is 2. The zero-order valence-corrected chi connectivity index (χ0v) is 22.1. The number of hydrogen-bond donors (Lipinski definition) is 1. The standard InChI is InChI=1S/C26H35N3O6S/c1-19(2)27-26(31)20(3)28(16-14-21-9-6-5-7-10-21)25(30)11-8-15-29(36(4,32)33)22-12-13-23-24(17-22)35-18-34-23/h5-7,9-10,12-13,17,19-20H,8,11,14-16,18H2,1-4H3,(H,27,31)/t20-/m0/s1. The second-order valence-electron chi connectivity index (χ2n) is 9.14. The van der Waals surface area contributed by atoms with Crippen molar-refractivity contribution < 1.29 is 27.5 Å². The molecule has 1 aliphatic rings. The molecule has 0 bridgehead atoms. The van der Waals surface area contributed by atoms with E-state index in [1.807, 2.05) is 44.2 Å². The zero-order chi connectivity index (χ0) is 26.3. The molecule has 2 amide bonds. The zero-order valence-electron chi connectivity index (χ0n) is 21.3. The van der Waals surface area contributed by atoms with E-state index in [1.54, 1.807) is 30.0 Å². The number of benzene rings is 2. The number of fused-ring (bicyclic) bond motifs is 1. The smallest absolute Gasteiger partial charge is 0.242 e. The Labute approximate surface area is 213 Å². The van der Waals surface area contributed by atoms with E-state index >= 15 is 0 Å². The van der Waals surface area contributed by atoms with Crippen LogP contribution in [0.25, 0.3) is 0 Å². The van der Waals surface area contributed by atoms with E-state index in [0.29, 0.717) is 36.6 Å². The van der Waals surface area contributed by atoms with Gasteiger partial charge in [-0.15, -0.1) is 0 Å². The first-order valence-electron chi connectivity index (χ1n) is 12.1. The predicted octanol–water partition coefficient (Wildman–Crippen LogP) is 2.95. The summed E-state index contributed by atoms with van der Waals surface area (Å²) in [5, 5.41) is 2.87. The first kappa shape index (κ1) is 27.3. The van der Waals surface area contributed by atoms with Crippen LogP contribution < -0.4 is 19.1 Å². The molecule has 0 spiro atoms. The summed E-state index contributed by atoms with van der Waals surface area (Å²) < 4.78 is 36.9. The third kappa shape index (κ3) is 7.36. The minimum absolute atomic E-state index is 0.0453. The Hall–Kier alpha value is -3.27. The van der Waals surface area contributed by atoms with Crippen molar-refractivity contribution in [3.63, 3.8) is 0 Å². The number of amides is 2. The highest BCUT2D eigenvalue weighted by molar-refractivity contribution is 7.92. The first-order valence-corrected chi connectivity index (χ1v) is 13.9. The summed E-state index contributed by atoms with van der Waals surface area (Å²) in [6, 6.07) is 14.0. The predicted molar refractivity (Wildman–Crippen MR) is 139 cm³/mol. The second kappa shape index (κ2) is 12.1. The van der Waals surface area contributed by atoms with Gasteiger partial charge in [0.2, 0.25) is 28.6 Å². The maximum atomic E-state index is 13.3. The van der Waals surface area contributed by atoms with E-state index in [2.05, 4.69) is 5.32 Å². The van der Waals surface area contributed by atoms with Gasteiger partial charge in [0, 0.05) is 31.6 Å². The molecule has 1 atom stereocenters. The highest BCUT2D eigenvalue weighted by Crippen LogP contribution is 2.36. The summed E-state index contributed by atoms with van der Waals surface area (Å²) in [4.78, 5) is 27.5. The quantitative estimate of drug-likeness (QED) is 0.464. The highest BCUT2D eigenvalue weighted by Gasteiger charge is 2.27. The van der Waals surface area contributed by atoms with Gasteiger partial charge in [-0.25, -0.2) is 8.42 Å². The minimum atomic E-state index is -3.60. The van der Waals surface area contributed by atoms with Crippen LogP contribution in [0, 0.1) is 0 Å². The summed E-state index contributed by atoms with van der Waals surface area (Å²) >= 11 is 0. The molecule has 36 heavy (non-hydrogen) atoms. The molecule has 10 heteroatoms. The highest BCUT2D eigenvalue weighted by atomic mass is 32.2. The van der Waals surface area contributed by atoms with Crippen LogP contribution in [0.1, 0.15) is 39.2 Å². The lowest BCUT2D eigenvalue weighted by molar-refractivity contribution is -0.140. The molecule has 1 N–H and O–H groups in total. The van der Waals surface area contributed by atoms with E-state index in [1.165, 1.54) is 4.31 Å². The molecular formula is C26H35N3O6S. The largest absolute Gasteiger partial charge is 0.454 e. The summed E-state index contributed by atoms with van der Waals surface area (Å²) in [6.45, 7) is 6.05. The number of carbonyl (C=O) groups is 2. The molecule has 1 heterocycles. The monoisotopic (exact) mass is 517 g/mol. The summed E-state index contributed by atoms with van der Waals surface area (Å²) in [7, 11) is -3.60. The molecule has 0 radical (unpaired) electrons. The molecule has 0 saturated heterocycles. The molecule has 0 saturated carbocycles. The number of hydrogen-bond acceptors (Lipinski definition) is 6. The fraction of sp³-hybridized carbons (Fsp3) is 0.462. The third-order valence-electron chi connectivity index (χ3n) is 5.88. The Morgan fingerprint density at radius 3 is 2.36 bits per heavy atom. The van der Waals surface area contributed by atoms with Crippen molar-refractivity contribution in [2.24, 2.45) is 0 Å². The summed E-state index contributed by atoms with van der Waals surface area (Å²) in [5.74, 6) is 0.625. The van der Waals surface area contributed by atoms with Crippen LogP contribution in [0.3, 0.4) is 0 Å². The van der Waals surface area contributed by atoms with E-state index < -0.39 is 16.1 Å². The van der Waals surface area contributed by atoms with Gasteiger partial charge in [0.25, 0.3) is 0 Å². The van der Waals surface area contributed by atoms with Gasteiger partial charge in [-0.1, -0.05) is 30.3 Å². The van der Waals surface area contributed by atoms with Crippen LogP contribution >= 0.6 is 0 Å². The van der Waals surface area contributed by atoms with Gasteiger partial charge in [0.1, 0.15) is 6.04 Å². The Bertz CT molecular complexity index is 1150. The maximum Gasteiger partial charge on any atom is 0.242 e. The van der Waals surface area contributed by atoms with Crippen molar-refractivity contribution in [3.05, 3.63) is 54.1 Å². The number of ether oxygens (including phenoxy) is 2. The number of nitrogens with one attached hydrogen (secondary N) is 1. The van der Waals surface area contributed by atoms with Crippen LogP contribution in [0.2, 0.25) is 0 Å². The van der Waals surface area contributed by atoms with Gasteiger partial charge < -0.3 is 19.7 Å². The molecule has 0 aliphatic carbocycles. The van der Waals surface area contributed by atoms with E-state index in [4.69, 9.17) is 9.47 Å². The van der Waals surface area contributed by atoms with Crippen LogP contribution in [0.5, 0.6) is 11.5 Å². The van der Waals surface area contributed by atoms with E-state index in [0.717, 1.165) is 11.8 Å². The normalized spacial score (nSPS) is 13.4. The fourth-order valence-corrected chi connectivity index (χ4v) is 4.98. The van der Waals surface area contributed by atoms with Gasteiger partial charge in [0.15, 0.2) is 11.5 Å². The SMILES string of the molecule is CC(C)NC(=O)[C@H](C)N(CCc1ccccc1)C(=O)CCCN(c1ccc2c(c1)OCO2)S(C)(=O)=O. The van der Waals surface area contributed by atoms with Gasteiger partial charge >= 0.3 is 0 Å². The topological polar surface area (TPSA) is 105 Å². The Kier molecular flexibility index (Phi) is 9.19. The third-order valence-corrected chi connectivity index (χ3v) is 7.07. The molecule has 0 unspecified atom stereocenters. The average Bonchev–Trinajstić information content (AvgIpc) is 3.29. The van der Waals surface area contributed by atoms with Gasteiger partial charge in [-0.2, -0.15) is 0 Å². The van der Waals surface area contributed by atoms with E-state index in [-0.39, 0.29) is 37.6 Å². The molecule has 196 valence electrons. The van der Waals surface area contributed by atoms with Crippen molar-refractivity contribution >= 4 is 27.5 Å². The van der Waals surface area contributed by atoms with Crippen molar-refractivity contribution in [1.29, 1.82) is 0 Å². The van der Waals surface area contributed by atoms with Crippen molar-refractivity contribution in [1.82, 2.24) is 10.2 Å².